The minimum atomic E-state index is -3.23. The zero-order valence-electron chi connectivity index (χ0n) is 14.8. The van der Waals surface area contributed by atoms with Crippen LogP contribution in [0.4, 0.5) is 18.9 Å². The average Bonchev–Trinajstić information content (AvgIpc) is 2.61. The largest absolute Gasteiger partial charge is 0.449 e. The van der Waals surface area contributed by atoms with Gasteiger partial charge in [0, 0.05) is 6.26 Å². The molecule has 0 aliphatic carbocycles. The fourth-order valence-corrected chi connectivity index (χ4v) is 2.98. The van der Waals surface area contributed by atoms with Crippen LogP contribution in [0.25, 0.3) is 0 Å². The van der Waals surface area contributed by atoms with Crippen LogP contribution in [0.1, 0.15) is 22.8 Å². The number of esters is 1. The van der Waals surface area contributed by atoms with E-state index in [-0.39, 0.29) is 11.3 Å². The van der Waals surface area contributed by atoms with E-state index in [1.165, 1.54) is 31.2 Å². The highest BCUT2D eigenvalue weighted by atomic mass is 32.2. The van der Waals surface area contributed by atoms with Crippen LogP contribution in [0.3, 0.4) is 0 Å². The van der Waals surface area contributed by atoms with Gasteiger partial charge in [0.2, 0.25) is 0 Å². The highest BCUT2D eigenvalue weighted by molar-refractivity contribution is 7.89. The van der Waals surface area contributed by atoms with Crippen molar-refractivity contribution in [3.05, 3.63) is 65.0 Å². The lowest BCUT2D eigenvalue weighted by Gasteiger charge is -2.14. The van der Waals surface area contributed by atoms with E-state index in [0.717, 1.165) is 12.3 Å². The quantitative estimate of drug-likeness (QED) is 0.579. The molecule has 150 valence electrons. The summed E-state index contributed by atoms with van der Waals surface area (Å²) in [5, 5.41) is 2.01. The molecule has 28 heavy (non-hydrogen) atoms. The molecule has 0 saturated carbocycles. The predicted octanol–water partition coefficient (Wildman–Crippen LogP) is 2.83. The molecule has 0 unspecified atom stereocenters. The third-order valence-corrected chi connectivity index (χ3v) is 4.42. The number of carbonyl (C=O) groups is 2. The normalized spacial score (nSPS) is 12.3. The number of amides is 1. The molecule has 6 nitrogen and oxygen atoms in total. The first kappa shape index (κ1) is 21.4. The summed E-state index contributed by atoms with van der Waals surface area (Å²) in [6.45, 7) is 1.21. The molecule has 0 radical (unpaired) electrons. The molecular weight excluding hydrogens is 399 g/mol. The van der Waals surface area contributed by atoms with Crippen LogP contribution in [0.15, 0.2) is 36.4 Å². The summed E-state index contributed by atoms with van der Waals surface area (Å²) in [6, 6.07) is 7.01. The van der Waals surface area contributed by atoms with Crippen molar-refractivity contribution in [1.29, 1.82) is 0 Å². The van der Waals surface area contributed by atoms with Crippen molar-refractivity contribution in [3.63, 3.8) is 0 Å². The predicted molar refractivity (Wildman–Crippen MR) is 94.8 cm³/mol. The van der Waals surface area contributed by atoms with Gasteiger partial charge in [0.25, 0.3) is 5.91 Å². The van der Waals surface area contributed by atoms with Crippen LogP contribution in [-0.2, 0) is 25.1 Å². The number of rotatable bonds is 6. The van der Waals surface area contributed by atoms with Crippen molar-refractivity contribution in [1.82, 2.24) is 0 Å². The first-order chi connectivity index (χ1) is 13.0. The van der Waals surface area contributed by atoms with E-state index >= 15 is 0 Å². The minimum Gasteiger partial charge on any atom is -0.449 e. The topological polar surface area (TPSA) is 89.5 Å². The number of nitrogens with one attached hydrogen (secondary N) is 1. The Morgan fingerprint density at radius 3 is 2.21 bits per heavy atom. The Morgan fingerprint density at radius 1 is 1.04 bits per heavy atom. The van der Waals surface area contributed by atoms with Gasteiger partial charge in [0.05, 0.1) is 17.0 Å². The van der Waals surface area contributed by atoms with Crippen molar-refractivity contribution >= 4 is 27.4 Å². The Bertz CT molecular complexity index is 1010. The lowest BCUT2D eigenvalue weighted by atomic mass is 10.1. The zero-order chi connectivity index (χ0) is 21.1. The van der Waals surface area contributed by atoms with Crippen LogP contribution in [0.2, 0.25) is 0 Å². The summed E-state index contributed by atoms with van der Waals surface area (Å²) in [7, 11) is -3.23. The summed E-state index contributed by atoms with van der Waals surface area (Å²) in [4.78, 5) is 24.1. The first-order valence-electron chi connectivity index (χ1n) is 7.90. The summed E-state index contributed by atoms with van der Waals surface area (Å²) in [5.74, 6) is -6.74. The molecule has 1 atom stereocenters. The summed E-state index contributed by atoms with van der Waals surface area (Å²) in [5.41, 5.74) is -0.0634. The van der Waals surface area contributed by atoms with Gasteiger partial charge < -0.3 is 10.1 Å². The van der Waals surface area contributed by atoms with E-state index in [4.69, 9.17) is 4.74 Å². The maximum Gasteiger partial charge on any atom is 0.338 e. The Kier molecular flexibility index (Phi) is 6.45. The molecule has 2 aromatic carbocycles. The van der Waals surface area contributed by atoms with Crippen molar-refractivity contribution in [2.45, 2.75) is 18.8 Å². The van der Waals surface area contributed by atoms with E-state index < -0.39 is 51.0 Å². The number of halogens is 3. The fraction of sp³-hybridized carbons (Fsp3) is 0.222. The van der Waals surface area contributed by atoms with E-state index in [9.17, 15) is 31.2 Å². The molecule has 0 bridgehead atoms. The monoisotopic (exact) mass is 415 g/mol. The second-order valence-corrected chi connectivity index (χ2v) is 8.17. The molecule has 2 aromatic rings. The van der Waals surface area contributed by atoms with E-state index in [1.807, 2.05) is 5.32 Å². The number of ether oxygens (including phenoxy) is 1. The SMILES string of the molecule is C[C@@H](OC(=O)c1ccc(CS(C)(=O)=O)cc1)C(=O)Nc1ccc(F)c(F)c1F. The van der Waals surface area contributed by atoms with E-state index in [1.54, 1.807) is 0 Å². The standard InChI is InChI=1S/C18H16F3NO5S/c1-10(17(23)22-14-8-7-13(19)15(20)16(14)21)27-18(24)12-5-3-11(4-6-12)9-28(2,25)26/h3-8,10H,9H2,1-2H3,(H,22,23)/t10-/m1/s1. The van der Waals surface area contributed by atoms with Crippen molar-refractivity contribution in [3.8, 4) is 0 Å². The molecule has 0 heterocycles. The highest BCUT2D eigenvalue weighted by Crippen LogP contribution is 2.20. The Balaban J connectivity index is 2.01. The Morgan fingerprint density at radius 2 is 1.64 bits per heavy atom. The molecule has 1 N–H and O–H groups in total. The molecule has 0 fully saturated rings. The molecule has 10 heteroatoms. The number of carbonyl (C=O) groups excluding carboxylic acids is 2. The third-order valence-electron chi connectivity index (χ3n) is 3.56. The van der Waals surface area contributed by atoms with Gasteiger partial charge in [-0.05, 0) is 36.8 Å². The summed E-state index contributed by atoms with van der Waals surface area (Å²) < 4.78 is 67.1. The number of anilines is 1. The smallest absolute Gasteiger partial charge is 0.338 e. The van der Waals surface area contributed by atoms with Crippen LogP contribution in [0, 0.1) is 17.5 Å². The van der Waals surface area contributed by atoms with Gasteiger partial charge >= 0.3 is 5.97 Å². The lowest BCUT2D eigenvalue weighted by Crippen LogP contribution is -2.30. The minimum absolute atomic E-state index is 0.0657. The van der Waals surface area contributed by atoms with Gasteiger partial charge in [0.1, 0.15) is 0 Å². The van der Waals surface area contributed by atoms with Crippen molar-refractivity contribution in [2.24, 2.45) is 0 Å². The number of hydrogen-bond acceptors (Lipinski definition) is 5. The van der Waals surface area contributed by atoms with Crippen LogP contribution in [0.5, 0.6) is 0 Å². The van der Waals surface area contributed by atoms with Gasteiger partial charge in [-0.1, -0.05) is 12.1 Å². The second kappa shape index (κ2) is 8.42. The second-order valence-electron chi connectivity index (χ2n) is 6.03. The molecule has 0 aliphatic rings. The van der Waals surface area contributed by atoms with Crippen LogP contribution >= 0.6 is 0 Å². The third kappa shape index (κ3) is 5.56. The molecule has 0 spiro atoms. The van der Waals surface area contributed by atoms with Crippen LogP contribution in [-0.4, -0.2) is 32.7 Å². The molecule has 2 rings (SSSR count). The summed E-state index contributed by atoms with van der Waals surface area (Å²) >= 11 is 0. The van der Waals surface area contributed by atoms with Gasteiger partial charge in [-0.2, -0.15) is 0 Å². The average molecular weight is 415 g/mol. The van der Waals surface area contributed by atoms with Crippen molar-refractivity contribution < 1.29 is 35.9 Å². The summed E-state index contributed by atoms with van der Waals surface area (Å²) in [6.07, 6.45) is -0.290. The fourth-order valence-electron chi connectivity index (χ4n) is 2.18. The Hall–Kier alpha value is -2.88. The van der Waals surface area contributed by atoms with Gasteiger partial charge in [-0.3, -0.25) is 4.79 Å². The number of sulfone groups is 1. The van der Waals surface area contributed by atoms with Gasteiger partial charge in [-0.25, -0.2) is 26.4 Å². The van der Waals surface area contributed by atoms with E-state index in [2.05, 4.69) is 0 Å². The molecular formula is C18H16F3NO5S. The molecule has 0 saturated heterocycles. The maximum atomic E-state index is 13.6. The first-order valence-corrected chi connectivity index (χ1v) is 9.96. The van der Waals surface area contributed by atoms with E-state index in [0.29, 0.717) is 11.6 Å². The number of benzene rings is 2. The van der Waals surface area contributed by atoms with Gasteiger partial charge in [0.15, 0.2) is 33.4 Å². The van der Waals surface area contributed by atoms with Crippen LogP contribution < -0.4 is 5.32 Å². The molecule has 0 aromatic heterocycles. The molecule has 1 amide bonds. The number of hydrogen-bond donors (Lipinski definition) is 1. The lowest BCUT2D eigenvalue weighted by molar-refractivity contribution is -0.123. The zero-order valence-corrected chi connectivity index (χ0v) is 15.6. The van der Waals surface area contributed by atoms with Gasteiger partial charge in [-0.15, -0.1) is 0 Å². The Labute approximate surface area is 159 Å². The molecule has 0 aliphatic heterocycles. The highest BCUT2D eigenvalue weighted by Gasteiger charge is 2.22. The maximum absolute atomic E-state index is 13.6. The van der Waals surface area contributed by atoms with Crippen molar-refractivity contribution in [2.75, 3.05) is 11.6 Å².